The van der Waals surface area contributed by atoms with Crippen molar-refractivity contribution in [3.05, 3.63) is 35.7 Å². The number of hydrogen-bond acceptors (Lipinski definition) is 5. The van der Waals surface area contributed by atoms with Gasteiger partial charge in [0.15, 0.2) is 0 Å². The maximum Gasteiger partial charge on any atom is 0.234 e. The van der Waals surface area contributed by atoms with Gasteiger partial charge in [-0.2, -0.15) is 0 Å². The lowest BCUT2D eigenvalue weighted by Gasteiger charge is -2.25. The topological polar surface area (TPSA) is 73.7 Å². The smallest absolute Gasteiger partial charge is 0.234 e. The zero-order valence-electron chi connectivity index (χ0n) is 13.8. The number of carbonyl (C=O) groups is 2. The van der Waals surface area contributed by atoms with Gasteiger partial charge in [-0.3, -0.25) is 24.4 Å². The van der Waals surface area contributed by atoms with Crippen molar-refractivity contribution in [1.82, 2.24) is 14.8 Å². The van der Waals surface area contributed by atoms with Crippen LogP contribution in [0.25, 0.3) is 6.08 Å². The van der Waals surface area contributed by atoms with Crippen molar-refractivity contribution < 1.29 is 14.7 Å². The zero-order chi connectivity index (χ0) is 17.0. The van der Waals surface area contributed by atoms with E-state index in [0.717, 1.165) is 11.4 Å². The first-order valence-corrected chi connectivity index (χ1v) is 8.34. The van der Waals surface area contributed by atoms with E-state index in [-0.39, 0.29) is 35.7 Å². The van der Waals surface area contributed by atoms with Crippen LogP contribution in [0.4, 0.5) is 0 Å². The van der Waals surface area contributed by atoms with Gasteiger partial charge in [-0.05, 0) is 31.6 Å². The summed E-state index contributed by atoms with van der Waals surface area (Å²) in [6.07, 6.45) is 4.01. The quantitative estimate of drug-likeness (QED) is 0.799. The van der Waals surface area contributed by atoms with Gasteiger partial charge in [0.05, 0.1) is 23.6 Å². The van der Waals surface area contributed by atoms with E-state index >= 15 is 0 Å². The number of aryl methyl sites for hydroxylation is 1. The van der Waals surface area contributed by atoms with E-state index in [1.807, 2.05) is 37.3 Å². The number of aromatic nitrogens is 1. The lowest BCUT2D eigenvalue weighted by Crippen LogP contribution is -2.40. The van der Waals surface area contributed by atoms with Crippen molar-refractivity contribution in [1.29, 1.82) is 0 Å². The van der Waals surface area contributed by atoms with Gasteiger partial charge in [0, 0.05) is 31.4 Å². The van der Waals surface area contributed by atoms with Gasteiger partial charge in [-0.25, -0.2) is 0 Å². The van der Waals surface area contributed by atoms with Gasteiger partial charge < -0.3 is 5.11 Å². The standard InChI is InChI=1S/C18H21N3O3/c1-10-4-3-5-11(19-10)6-7-13-15-16(18(24)20(2)17(15)23)14-8-12(22)9-21(13)14/h3-7,12-16,22H,8-9H2,1-2H3/b7-6+. The van der Waals surface area contributed by atoms with Crippen LogP contribution < -0.4 is 0 Å². The number of likely N-dealkylation sites (tertiary alicyclic amines) is 1. The highest BCUT2D eigenvalue weighted by atomic mass is 16.3. The Kier molecular flexibility index (Phi) is 3.54. The van der Waals surface area contributed by atoms with E-state index in [4.69, 9.17) is 0 Å². The molecule has 1 N–H and O–H groups in total. The Morgan fingerprint density at radius 2 is 2.00 bits per heavy atom. The molecule has 4 heterocycles. The summed E-state index contributed by atoms with van der Waals surface area (Å²) in [5.41, 5.74) is 1.77. The predicted octanol–water partition coefficient (Wildman–Crippen LogP) is 0.452. The molecular weight excluding hydrogens is 306 g/mol. The molecule has 0 spiro atoms. The highest BCUT2D eigenvalue weighted by molar-refractivity contribution is 6.06. The molecule has 4 rings (SSSR count). The van der Waals surface area contributed by atoms with Crippen molar-refractivity contribution in [2.75, 3.05) is 13.6 Å². The van der Waals surface area contributed by atoms with Gasteiger partial charge >= 0.3 is 0 Å². The molecule has 6 heteroatoms. The summed E-state index contributed by atoms with van der Waals surface area (Å²) in [5.74, 6) is -0.903. The molecule has 126 valence electrons. The predicted molar refractivity (Wildman–Crippen MR) is 87.7 cm³/mol. The molecule has 0 aliphatic carbocycles. The first kappa shape index (κ1) is 15.5. The molecule has 0 aromatic carbocycles. The maximum atomic E-state index is 12.6. The van der Waals surface area contributed by atoms with Crippen LogP contribution in [0.3, 0.4) is 0 Å². The number of amides is 2. The van der Waals surface area contributed by atoms with Crippen molar-refractivity contribution in [3.8, 4) is 0 Å². The first-order valence-electron chi connectivity index (χ1n) is 8.34. The van der Waals surface area contributed by atoms with E-state index in [2.05, 4.69) is 9.88 Å². The minimum atomic E-state index is -0.433. The molecule has 1 aromatic heterocycles. The van der Waals surface area contributed by atoms with Crippen LogP contribution >= 0.6 is 0 Å². The van der Waals surface area contributed by atoms with Crippen molar-refractivity contribution in [2.24, 2.45) is 11.8 Å². The molecule has 0 saturated carbocycles. The molecule has 0 bridgehead atoms. The average molecular weight is 327 g/mol. The molecule has 6 nitrogen and oxygen atoms in total. The Hall–Kier alpha value is -2.05. The maximum absolute atomic E-state index is 12.6. The first-order chi connectivity index (χ1) is 11.5. The summed E-state index contributed by atoms with van der Waals surface area (Å²) in [7, 11) is 1.56. The van der Waals surface area contributed by atoms with Crippen LogP contribution in [-0.2, 0) is 9.59 Å². The van der Waals surface area contributed by atoms with Gasteiger partial charge in [0.25, 0.3) is 0 Å². The number of hydrogen-bond donors (Lipinski definition) is 1. The second-order valence-electron chi connectivity index (χ2n) is 6.99. The summed E-state index contributed by atoms with van der Waals surface area (Å²) in [4.78, 5) is 32.8. The Morgan fingerprint density at radius 3 is 2.75 bits per heavy atom. The SMILES string of the molecule is Cc1cccc(/C=C/C2C3C(=O)N(C)C(=O)C3C3CC(O)CN23)n1. The molecule has 5 atom stereocenters. The average Bonchev–Trinajstić information content (AvgIpc) is 3.12. The highest BCUT2D eigenvalue weighted by Crippen LogP contribution is 2.46. The molecule has 2 amide bonds. The van der Waals surface area contributed by atoms with Crippen molar-refractivity contribution in [2.45, 2.75) is 31.5 Å². The molecule has 1 aromatic rings. The fourth-order valence-corrected chi connectivity index (χ4v) is 4.48. The monoisotopic (exact) mass is 327 g/mol. The van der Waals surface area contributed by atoms with Gasteiger partial charge in [-0.15, -0.1) is 0 Å². The van der Waals surface area contributed by atoms with E-state index in [9.17, 15) is 14.7 Å². The Bertz CT molecular complexity index is 732. The third kappa shape index (κ3) is 2.21. The molecule has 5 unspecified atom stereocenters. The molecule has 0 radical (unpaired) electrons. The van der Waals surface area contributed by atoms with Crippen molar-refractivity contribution >= 4 is 17.9 Å². The third-order valence-electron chi connectivity index (χ3n) is 5.52. The normalized spacial score (nSPS) is 36.0. The Morgan fingerprint density at radius 1 is 1.25 bits per heavy atom. The largest absolute Gasteiger partial charge is 0.392 e. The van der Waals surface area contributed by atoms with Crippen LogP contribution in [0.15, 0.2) is 24.3 Å². The second kappa shape index (κ2) is 5.50. The highest BCUT2D eigenvalue weighted by Gasteiger charge is 2.62. The number of aliphatic hydroxyl groups excluding tert-OH is 1. The minimum absolute atomic E-state index is 0.0495. The number of rotatable bonds is 2. The number of aliphatic hydroxyl groups is 1. The summed E-state index contributed by atoms with van der Waals surface area (Å²) in [6.45, 7) is 2.45. The summed E-state index contributed by atoms with van der Waals surface area (Å²) in [6, 6.07) is 5.58. The fourth-order valence-electron chi connectivity index (χ4n) is 4.48. The Labute approximate surface area is 140 Å². The number of fused-ring (bicyclic) bond motifs is 3. The number of carbonyl (C=O) groups excluding carboxylic acids is 2. The zero-order valence-corrected chi connectivity index (χ0v) is 13.8. The fraction of sp³-hybridized carbons (Fsp3) is 0.500. The molecule has 3 fully saturated rings. The molecular formula is C18H21N3O3. The van der Waals surface area contributed by atoms with E-state index in [0.29, 0.717) is 13.0 Å². The summed E-state index contributed by atoms with van der Waals surface area (Å²) < 4.78 is 0. The van der Waals surface area contributed by atoms with Gasteiger partial charge in [0.2, 0.25) is 11.8 Å². The number of pyridine rings is 1. The van der Waals surface area contributed by atoms with E-state index < -0.39 is 6.10 Å². The number of nitrogens with zero attached hydrogens (tertiary/aromatic N) is 3. The van der Waals surface area contributed by atoms with Crippen LogP contribution in [-0.4, -0.2) is 63.5 Å². The van der Waals surface area contributed by atoms with E-state index in [1.54, 1.807) is 7.05 Å². The lowest BCUT2D eigenvalue weighted by atomic mass is 9.87. The molecule has 24 heavy (non-hydrogen) atoms. The lowest BCUT2D eigenvalue weighted by molar-refractivity contribution is -0.139. The van der Waals surface area contributed by atoms with Crippen LogP contribution in [0.5, 0.6) is 0 Å². The summed E-state index contributed by atoms with van der Waals surface area (Å²) in [5, 5.41) is 10.0. The van der Waals surface area contributed by atoms with Crippen LogP contribution in [0.2, 0.25) is 0 Å². The third-order valence-corrected chi connectivity index (χ3v) is 5.52. The minimum Gasteiger partial charge on any atom is -0.392 e. The summed E-state index contributed by atoms with van der Waals surface area (Å²) >= 11 is 0. The van der Waals surface area contributed by atoms with E-state index in [1.165, 1.54) is 4.90 Å². The molecule has 3 aliphatic rings. The number of imide groups is 1. The molecule has 3 aliphatic heterocycles. The van der Waals surface area contributed by atoms with Crippen molar-refractivity contribution in [3.63, 3.8) is 0 Å². The van der Waals surface area contributed by atoms with Gasteiger partial charge in [0.1, 0.15) is 0 Å². The van der Waals surface area contributed by atoms with Crippen LogP contribution in [0, 0.1) is 18.8 Å². The second-order valence-corrected chi connectivity index (χ2v) is 6.99. The Balaban J connectivity index is 1.68. The van der Waals surface area contributed by atoms with Gasteiger partial charge in [-0.1, -0.05) is 12.1 Å². The van der Waals surface area contributed by atoms with Crippen LogP contribution in [0.1, 0.15) is 17.8 Å². The molecule has 3 saturated heterocycles.